The second-order valence-corrected chi connectivity index (χ2v) is 8.52. The average molecular weight is 465 g/mol. The molecule has 0 aliphatic heterocycles. The summed E-state index contributed by atoms with van der Waals surface area (Å²) in [6.07, 6.45) is 0. The van der Waals surface area contributed by atoms with E-state index >= 15 is 0 Å². The summed E-state index contributed by atoms with van der Waals surface area (Å²) < 4.78 is 0. The van der Waals surface area contributed by atoms with Gasteiger partial charge in [0.1, 0.15) is 0 Å². The monoisotopic (exact) mass is 464 g/mol. The van der Waals surface area contributed by atoms with Crippen molar-refractivity contribution in [2.24, 2.45) is 0 Å². The van der Waals surface area contributed by atoms with Gasteiger partial charge in [0.2, 0.25) is 5.95 Å². The van der Waals surface area contributed by atoms with E-state index in [1.807, 2.05) is 78.9 Å². The van der Waals surface area contributed by atoms with Gasteiger partial charge in [0, 0.05) is 16.6 Å². The van der Waals surface area contributed by atoms with Gasteiger partial charge < -0.3 is 10.6 Å². The van der Waals surface area contributed by atoms with Crippen molar-refractivity contribution < 1.29 is 0 Å². The Kier molecular flexibility index (Phi) is 5.83. The Morgan fingerprint density at radius 2 is 0.972 bits per heavy atom. The summed E-state index contributed by atoms with van der Waals surface area (Å²) in [6, 6.07) is 45.3. The van der Waals surface area contributed by atoms with E-state index in [2.05, 4.69) is 65.2 Å². The fourth-order valence-electron chi connectivity index (χ4n) is 4.30. The van der Waals surface area contributed by atoms with Gasteiger partial charge in [-0.05, 0) is 41.5 Å². The largest absolute Gasteiger partial charge is 0.354 e. The standard InChI is InChI=1S/C32H24N4/c1-3-11-23(12-4-1)24-19-21-25(22-20-24)31-27-15-7-8-16-28(27)34-32(36-31)35-30-18-10-9-17-29(30)33-26-13-5-2-6-14-26/h1-22,33H,(H,34,35,36). The summed E-state index contributed by atoms with van der Waals surface area (Å²) in [5.41, 5.74) is 8.09. The van der Waals surface area contributed by atoms with E-state index in [0.717, 1.165) is 39.2 Å². The number of hydrogen-bond donors (Lipinski definition) is 2. The molecule has 6 rings (SSSR count). The Morgan fingerprint density at radius 1 is 0.417 bits per heavy atom. The first kappa shape index (κ1) is 21.6. The van der Waals surface area contributed by atoms with Crippen LogP contribution in [0.3, 0.4) is 0 Å². The van der Waals surface area contributed by atoms with Crippen molar-refractivity contribution in [3.05, 3.63) is 133 Å². The van der Waals surface area contributed by atoms with E-state index < -0.39 is 0 Å². The van der Waals surface area contributed by atoms with Gasteiger partial charge in [-0.15, -0.1) is 0 Å². The van der Waals surface area contributed by atoms with Crippen LogP contribution in [0, 0.1) is 0 Å². The van der Waals surface area contributed by atoms with Gasteiger partial charge in [0.15, 0.2) is 0 Å². The van der Waals surface area contributed by atoms with Gasteiger partial charge in [-0.2, -0.15) is 0 Å². The summed E-state index contributed by atoms with van der Waals surface area (Å²) in [5.74, 6) is 0.554. The molecule has 172 valence electrons. The molecule has 0 fully saturated rings. The molecule has 0 unspecified atom stereocenters. The molecule has 1 heterocycles. The van der Waals surface area contributed by atoms with Crippen LogP contribution in [0.1, 0.15) is 0 Å². The molecule has 0 bridgehead atoms. The molecular formula is C32H24N4. The minimum Gasteiger partial charge on any atom is -0.354 e. The van der Waals surface area contributed by atoms with Gasteiger partial charge >= 0.3 is 0 Å². The smallest absolute Gasteiger partial charge is 0.228 e. The molecule has 5 aromatic carbocycles. The average Bonchev–Trinajstić information content (AvgIpc) is 2.95. The maximum absolute atomic E-state index is 4.97. The van der Waals surface area contributed by atoms with E-state index in [9.17, 15) is 0 Å². The molecule has 0 atom stereocenters. The van der Waals surface area contributed by atoms with Crippen molar-refractivity contribution in [3.8, 4) is 22.4 Å². The first-order chi connectivity index (χ1) is 17.8. The van der Waals surface area contributed by atoms with Crippen molar-refractivity contribution in [1.29, 1.82) is 0 Å². The Labute approximate surface area is 210 Å². The van der Waals surface area contributed by atoms with E-state index in [-0.39, 0.29) is 0 Å². The summed E-state index contributed by atoms with van der Waals surface area (Å²) in [5, 5.41) is 7.95. The normalized spacial score (nSPS) is 10.8. The summed E-state index contributed by atoms with van der Waals surface area (Å²) in [7, 11) is 0. The summed E-state index contributed by atoms with van der Waals surface area (Å²) in [4.78, 5) is 9.79. The Morgan fingerprint density at radius 3 is 1.72 bits per heavy atom. The number of hydrogen-bond acceptors (Lipinski definition) is 4. The van der Waals surface area contributed by atoms with Crippen LogP contribution in [0.2, 0.25) is 0 Å². The van der Waals surface area contributed by atoms with Crippen molar-refractivity contribution in [2.45, 2.75) is 0 Å². The molecule has 0 amide bonds. The maximum Gasteiger partial charge on any atom is 0.228 e. The number of aromatic nitrogens is 2. The zero-order chi connectivity index (χ0) is 24.2. The fraction of sp³-hybridized carbons (Fsp3) is 0. The van der Waals surface area contributed by atoms with Gasteiger partial charge in [0.25, 0.3) is 0 Å². The summed E-state index contributed by atoms with van der Waals surface area (Å²) in [6.45, 7) is 0. The van der Waals surface area contributed by atoms with Crippen LogP contribution in [-0.2, 0) is 0 Å². The highest BCUT2D eigenvalue weighted by molar-refractivity contribution is 5.94. The Hall–Kier alpha value is -4.96. The molecule has 0 aliphatic rings. The van der Waals surface area contributed by atoms with Crippen LogP contribution in [0.4, 0.5) is 23.0 Å². The molecule has 36 heavy (non-hydrogen) atoms. The molecule has 4 nitrogen and oxygen atoms in total. The van der Waals surface area contributed by atoms with Crippen molar-refractivity contribution in [3.63, 3.8) is 0 Å². The third-order valence-corrected chi connectivity index (χ3v) is 6.10. The predicted octanol–water partition coefficient (Wildman–Crippen LogP) is 8.45. The molecule has 0 spiro atoms. The molecule has 6 aromatic rings. The van der Waals surface area contributed by atoms with Crippen LogP contribution in [0.5, 0.6) is 0 Å². The third-order valence-electron chi connectivity index (χ3n) is 6.10. The summed E-state index contributed by atoms with van der Waals surface area (Å²) >= 11 is 0. The fourth-order valence-corrected chi connectivity index (χ4v) is 4.30. The lowest BCUT2D eigenvalue weighted by molar-refractivity contribution is 1.21. The van der Waals surface area contributed by atoms with E-state index in [4.69, 9.17) is 9.97 Å². The number of nitrogens with one attached hydrogen (secondary N) is 2. The van der Waals surface area contributed by atoms with Gasteiger partial charge in [-0.1, -0.05) is 103 Å². The predicted molar refractivity (Wildman–Crippen MR) is 150 cm³/mol. The molecule has 0 radical (unpaired) electrons. The number of anilines is 4. The number of para-hydroxylation sites is 4. The highest BCUT2D eigenvalue weighted by Gasteiger charge is 2.12. The van der Waals surface area contributed by atoms with Crippen molar-refractivity contribution in [1.82, 2.24) is 9.97 Å². The quantitative estimate of drug-likeness (QED) is 0.260. The maximum atomic E-state index is 4.97. The first-order valence-electron chi connectivity index (χ1n) is 11.9. The lowest BCUT2D eigenvalue weighted by Crippen LogP contribution is -2.02. The first-order valence-corrected chi connectivity index (χ1v) is 11.9. The van der Waals surface area contributed by atoms with Crippen molar-refractivity contribution in [2.75, 3.05) is 10.6 Å². The van der Waals surface area contributed by atoms with Crippen molar-refractivity contribution >= 4 is 33.9 Å². The molecule has 4 heteroatoms. The number of benzene rings is 5. The van der Waals surface area contributed by atoms with Gasteiger partial charge in [0.05, 0.1) is 22.6 Å². The molecule has 2 N–H and O–H groups in total. The van der Waals surface area contributed by atoms with Gasteiger partial charge in [-0.3, -0.25) is 0 Å². The molecule has 0 saturated carbocycles. The Balaban J connectivity index is 1.37. The number of rotatable bonds is 6. The zero-order valence-electron chi connectivity index (χ0n) is 19.6. The van der Waals surface area contributed by atoms with Gasteiger partial charge in [-0.25, -0.2) is 9.97 Å². The minimum absolute atomic E-state index is 0.554. The number of nitrogens with zero attached hydrogens (tertiary/aromatic N) is 2. The third kappa shape index (κ3) is 4.52. The minimum atomic E-state index is 0.554. The number of fused-ring (bicyclic) bond motifs is 1. The molecule has 0 saturated heterocycles. The second kappa shape index (κ2) is 9.72. The highest BCUT2D eigenvalue weighted by Crippen LogP contribution is 2.32. The molecule has 1 aromatic heterocycles. The zero-order valence-corrected chi connectivity index (χ0v) is 19.6. The lowest BCUT2D eigenvalue weighted by Gasteiger charge is -2.15. The molecule has 0 aliphatic carbocycles. The topological polar surface area (TPSA) is 49.8 Å². The van der Waals surface area contributed by atoms with Crippen LogP contribution < -0.4 is 10.6 Å². The second-order valence-electron chi connectivity index (χ2n) is 8.52. The van der Waals surface area contributed by atoms with E-state index in [0.29, 0.717) is 5.95 Å². The lowest BCUT2D eigenvalue weighted by atomic mass is 10.0. The van der Waals surface area contributed by atoms with Crippen LogP contribution in [-0.4, -0.2) is 9.97 Å². The SMILES string of the molecule is c1ccc(Nc2ccccc2Nc2nc(-c3ccc(-c4ccccc4)cc3)c3ccccc3n2)cc1. The molecular weight excluding hydrogens is 440 g/mol. The van der Waals surface area contributed by atoms with E-state index in [1.54, 1.807) is 0 Å². The van der Waals surface area contributed by atoms with Crippen LogP contribution in [0.15, 0.2) is 133 Å². The Bertz CT molecular complexity index is 1610. The van der Waals surface area contributed by atoms with E-state index in [1.165, 1.54) is 11.1 Å². The van der Waals surface area contributed by atoms with Crippen LogP contribution >= 0.6 is 0 Å². The van der Waals surface area contributed by atoms with Crippen LogP contribution in [0.25, 0.3) is 33.3 Å². The highest BCUT2D eigenvalue weighted by atomic mass is 15.1.